The monoisotopic (exact) mass is 329 g/mol. The number of carbonyl (C=O) groups is 1. The summed E-state index contributed by atoms with van der Waals surface area (Å²) in [5, 5.41) is 6.40. The van der Waals surface area contributed by atoms with E-state index in [1.165, 1.54) is 6.20 Å². The van der Waals surface area contributed by atoms with E-state index in [0.717, 1.165) is 16.3 Å². The summed E-state index contributed by atoms with van der Waals surface area (Å²) in [5.74, 6) is -0.132. The minimum Gasteiger partial charge on any atom is -0.365 e. The Bertz CT molecular complexity index is 1050. The van der Waals surface area contributed by atoms with Gasteiger partial charge in [0.2, 0.25) is 0 Å². The molecular weight excluding hydrogens is 314 g/mol. The van der Waals surface area contributed by atoms with Crippen LogP contribution in [-0.2, 0) is 6.42 Å². The molecule has 6 nitrogen and oxygen atoms in total. The second-order valence-electron chi connectivity index (χ2n) is 5.66. The lowest BCUT2D eigenvalue weighted by atomic mass is 9.99. The van der Waals surface area contributed by atoms with Gasteiger partial charge in [-0.3, -0.25) is 4.79 Å². The average molecular weight is 329 g/mol. The summed E-state index contributed by atoms with van der Waals surface area (Å²) in [7, 11) is 0. The highest BCUT2D eigenvalue weighted by Gasteiger charge is 2.14. The van der Waals surface area contributed by atoms with Gasteiger partial charge in [0.25, 0.3) is 11.9 Å². The Kier molecular flexibility index (Phi) is 3.70. The zero-order chi connectivity index (χ0) is 17.2. The predicted octanol–water partition coefficient (Wildman–Crippen LogP) is 2.51. The van der Waals surface area contributed by atoms with Crippen LogP contribution in [0.2, 0.25) is 0 Å². The molecule has 2 N–H and O–H groups in total. The van der Waals surface area contributed by atoms with Crippen LogP contribution in [0.3, 0.4) is 0 Å². The van der Waals surface area contributed by atoms with Crippen LogP contribution in [0.5, 0.6) is 0 Å². The van der Waals surface area contributed by atoms with Gasteiger partial charge in [0, 0.05) is 25.0 Å². The maximum absolute atomic E-state index is 11.8. The van der Waals surface area contributed by atoms with E-state index in [1.54, 1.807) is 23.1 Å². The van der Waals surface area contributed by atoms with Crippen molar-refractivity contribution in [2.45, 2.75) is 6.42 Å². The topological polar surface area (TPSA) is 86.7 Å². The van der Waals surface area contributed by atoms with E-state index in [-0.39, 0.29) is 0 Å². The van der Waals surface area contributed by atoms with Gasteiger partial charge in [-0.05, 0) is 22.4 Å². The molecule has 0 bridgehead atoms. The molecule has 0 saturated carbocycles. The lowest BCUT2D eigenvalue weighted by molar-refractivity contribution is 0.0998. The molecule has 25 heavy (non-hydrogen) atoms. The van der Waals surface area contributed by atoms with Crippen LogP contribution >= 0.6 is 0 Å². The van der Waals surface area contributed by atoms with Crippen molar-refractivity contribution in [1.29, 1.82) is 0 Å². The first-order valence-corrected chi connectivity index (χ1v) is 7.85. The van der Waals surface area contributed by atoms with Crippen molar-refractivity contribution in [2.75, 3.05) is 0 Å². The fourth-order valence-corrected chi connectivity index (χ4v) is 2.87. The zero-order valence-electron chi connectivity index (χ0n) is 13.3. The van der Waals surface area contributed by atoms with E-state index in [9.17, 15) is 4.79 Å². The standard InChI is InChI=1S/C19H15N5O/c20-18(25)16-12-21-19(24-10-4-9-22-24)23-17(16)11-14-7-3-6-13-5-1-2-8-15(13)14/h1-10,12H,11H2,(H2,20,25). The van der Waals surface area contributed by atoms with E-state index in [2.05, 4.69) is 33.3 Å². The fraction of sp³-hybridized carbons (Fsp3) is 0.0526. The van der Waals surface area contributed by atoms with Gasteiger partial charge in [-0.15, -0.1) is 0 Å². The van der Waals surface area contributed by atoms with Gasteiger partial charge in [0.15, 0.2) is 0 Å². The molecule has 0 radical (unpaired) electrons. The highest BCUT2D eigenvalue weighted by molar-refractivity contribution is 5.94. The van der Waals surface area contributed by atoms with E-state index < -0.39 is 5.91 Å². The summed E-state index contributed by atoms with van der Waals surface area (Å²) in [4.78, 5) is 20.5. The van der Waals surface area contributed by atoms with Gasteiger partial charge in [-0.25, -0.2) is 14.6 Å². The van der Waals surface area contributed by atoms with Gasteiger partial charge in [0.1, 0.15) is 0 Å². The van der Waals surface area contributed by atoms with Gasteiger partial charge in [-0.1, -0.05) is 42.5 Å². The van der Waals surface area contributed by atoms with Crippen LogP contribution < -0.4 is 5.73 Å². The van der Waals surface area contributed by atoms with Crippen LogP contribution in [0.4, 0.5) is 0 Å². The predicted molar refractivity (Wildman–Crippen MR) is 94.4 cm³/mol. The van der Waals surface area contributed by atoms with Gasteiger partial charge in [-0.2, -0.15) is 5.10 Å². The maximum Gasteiger partial charge on any atom is 0.252 e. The van der Waals surface area contributed by atoms with Gasteiger partial charge >= 0.3 is 0 Å². The lowest BCUT2D eigenvalue weighted by Crippen LogP contribution is -2.17. The average Bonchev–Trinajstić information content (AvgIpc) is 3.16. The quantitative estimate of drug-likeness (QED) is 0.623. The molecule has 122 valence electrons. The second-order valence-corrected chi connectivity index (χ2v) is 5.66. The van der Waals surface area contributed by atoms with Crippen LogP contribution in [0.1, 0.15) is 21.6 Å². The summed E-state index contributed by atoms with van der Waals surface area (Å²) in [5.41, 5.74) is 7.49. The Morgan fingerprint density at radius 3 is 2.72 bits per heavy atom. The molecule has 0 atom stereocenters. The molecule has 0 unspecified atom stereocenters. The molecule has 1 amide bonds. The molecule has 4 aromatic rings. The zero-order valence-corrected chi connectivity index (χ0v) is 13.3. The number of primary amides is 1. The molecule has 2 aromatic carbocycles. The smallest absolute Gasteiger partial charge is 0.252 e. The summed E-state index contributed by atoms with van der Waals surface area (Å²) in [6.45, 7) is 0. The molecular formula is C19H15N5O. The van der Waals surface area contributed by atoms with Crippen LogP contribution in [0.25, 0.3) is 16.7 Å². The first-order chi connectivity index (χ1) is 12.2. The van der Waals surface area contributed by atoms with Crippen molar-refractivity contribution in [1.82, 2.24) is 19.7 Å². The molecule has 0 aliphatic carbocycles. The molecule has 0 aliphatic rings. The van der Waals surface area contributed by atoms with Crippen molar-refractivity contribution in [3.8, 4) is 5.95 Å². The van der Waals surface area contributed by atoms with Crippen molar-refractivity contribution >= 4 is 16.7 Å². The number of benzene rings is 2. The third-order valence-electron chi connectivity index (χ3n) is 4.07. The fourth-order valence-electron chi connectivity index (χ4n) is 2.87. The highest BCUT2D eigenvalue weighted by Crippen LogP contribution is 2.22. The third-order valence-corrected chi connectivity index (χ3v) is 4.07. The van der Waals surface area contributed by atoms with E-state index in [1.807, 2.05) is 24.3 Å². The number of nitrogens with two attached hydrogens (primary N) is 1. The summed E-state index contributed by atoms with van der Waals surface area (Å²) >= 11 is 0. The summed E-state index contributed by atoms with van der Waals surface area (Å²) in [6.07, 6.45) is 5.35. The van der Waals surface area contributed by atoms with E-state index in [0.29, 0.717) is 23.6 Å². The molecule has 0 fully saturated rings. The Hall–Kier alpha value is -3.54. The number of hydrogen-bond acceptors (Lipinski definition) is 4. The Balaban J connectivity index is 1.83. The third kappa shape index (κ3) is 2.85. The first-order valence-electron chi connectivity index (χ1n) is 7.85. The number of carbonyl (C=O) groups excluding carboxylic acids is 1. The summed E-state index contributed by atoms with van der Waals surface area (Å²) in [6, 6.07) is 16.0. The van der Waals surface area contributed by atoms with Crippen LogP contribution in [-0.4, -0.2) is 25.7 Å². The normalized spacial score (nSPS) is 10.9. The lowest BCUT2D eigenvalue weighted by Gasteiger charge is -2.10. The first kappa shape index (κ1) is 15.0. The minimum atomic E-state index is -0.540. The molecule has 2 heterocycles. The molecule has 6 heteroatoms. The van der Waals surface area contributed by atoms with Crippen LogP contribution in [0.15, 0.2) is 67.1 Å². The van der Waals surface area contributed by atoms with Gasteiger partial charge < -0.3 is 5.73 Å². The molecule has 4 rings (SSSR count). The number of rotatable bonds is 4. The van der Waals surface area contributed by atoms with Crippen molar-refractivity contribution in [2.24, 2.45) is 5.73 Å². The van der Waals surface area contributed by atoms with Gasteiger partial charge in [0.05, 0.1) is 11.3 Å². The molecule has 0 saturated heterocycles. The molecule has 2 aromatic heterocycles. The maximum atomic E-state index is 11.8. The minimum absolute atomic E-state index is 0.323. The summed E-state index contributed by atoms with van der Waals surface area (Å²) < 4.78 is 1.55. The number of aromatic nitrogens is 4. The Morgan fingerprint density at radius 2 is 1.92 bits per heavy atom. The highest BCUT2D eigenvalue weighted by atomic mass is 16.1. The molecule has 0 spiro atoms. The number of hydrogen-bond donors (Lipinski definition) is 1. The Morgan fingerprint density at radius 1 is 1.08 bits per heavy atom. The van der Waals surface area contributed by atoms with Crippen molar-refractivity contribution in [3.63, 3.8) is 0 Å². The van der Waals surface area contributed by atoms with Crippen LogP contribution in [0, 0.1) is 0 Å². The van der Waals surface area contributed by atoms with Crippen molar-refractivity contribution < 1.29 is 4.79 Å². The van der Waals surface area contributed by atoms with E-state index in [4.69, 9.17) is 5.73 Å². The number of nitrogens with zero attached hydrogens (tertiary/aromatic N) is 4. The largest absolute Gasteiger partial charge is 0.365 e. The SMILES string of the molecule is NC(=O)c1cnc(-n2cccn2)nc1Cc1cccc2ccccc12. The Labute approximate surface area is 144 Å². The number of fused-ring (bicyclic) bond motifs is 1. The van der Waals surface area contributed by atoms with E-state index >= 15 is 0 Å². The van der Waals surface area contributed by atoms with Crippen molar-refractivity contribution in [3.05, 3.63) is 83.9 Å². The second kappa shape index (κ2) is 6.16. The molecule has 0 aliphatic heterocycles. The number of amides is 1.